The number of halogens is 1. The Hall–Kier alpha value is -3.23. The number of nitrogens with one attached hydrogen (secondary N) is 2. The number of hydrogen-bond donors (Lipinski definition) is 3. The van der Waals surface area contributed by atoms with E-state index in [1.165, 1.54) is 6.07 Å². The Kier molecular flexibility index (Phi) is 5.04. The molecule has 0 bridgehead atoms. The van der Waals surface area contributed by atoms with E-state index in [2.05, 4.69) is 15.0 Å². The maximum absolute atomic E-state index is 12.7. The molecule has 1 aliphatic rings. The van der Waals surface area contributed by atoms with Crippen LogP contribution in [0, 0.1) is 0 Å². The summed E-state index contributed by atoms with van der Waals surface area (Å²) < 4.78 is 33.7. The summed E-state index contributed by atoms with van der Waals surface area (Å²) in [5.74, 6) is 0.805. The maximum Gasteiger partial charge on any atom is 0.266 e. The molecule has 0 amide bonds. The summed E-state index contributed by atoms with van der Waals surface area (Å²) in [7, 11) is -3.82. The lowest BCUT2D eigenvalue weighted by Crippen LogP contribution is -2.40. The highest BCUT2D eigenvalue weighted by atomic mass is 35.5. The number of aliphatic imine (C=N–C) groups is 1. The molecule has 29 heavy (non-hydrogen) atoms. The lowest BCUT2D eigenvalue weighted by molar-refractivity contribution is 0.483. The minimum absolute atomic E-state index is 0.0558. The zero-order valence-corrected chi connectivity index (χ0v) is 16.7. The Morgan fingerprint density at radius 3 is 2.48 bits per heavy atom. The van der Waals surface area contributed by atoms with Gasteiger partial charge >= 0.3 is 0 Å². The van der Waals surface area contributed by atoms with Crippen LogP contribution in [0.1, 0.15) is 5.56 Å². The molecule has 0 fully saturated rings. The van der Waals surface area contributed by atoms with Gasteiger partial charge in [0.2, 0.25) is 5.96 Å². The smallest absolute Gasteiger partial charge is 0.266 e. The minimum atomic E-state index is -3.82. The number of nitrogens with zero attached hydrogens (tertiary/aromatic N) is 1. The van der Waals surface area contributed by atoms with E-state index in [0.29, 0.717) is 22.2 Å². The summed E-state index contributed by atoms with van der Waals surface area (Å²) in [4.78, 5) is 4.38. The molecule has 4 N–H and O–H groups in total. The van der Waals surface area contributed by atoms with Gasteiger partial charge in [0.1, 0.15) is 16.3 Å². The summed E-state index contributed by atoms with van der Waals surface area (Å²) in [5, 5.41) is 3.41. The molecule has 1 aliphatic heterocycles. The second-order valence-electron chi connectivity index (χ2n) is 6.26. The van der Waals surface area contributed by atoms with E-state index in [9.17, 15) is 8.42 Å². The van der Waals surface area contributed by atoms with Crippen molar-refractivity contribution in [3.63, 3.8) is 0 Å². The predicted molar refractivity (Wildman–Crippen MR) is 114 cm³/mol. The average molecular weight is 429 g/mol. The van der Waals surface area contributed by atoms with Gasteiger partial charge < -0.3 is 15.8 Å². The maximum atomic E-state index is 12.7. The molecule has 0 aromatic heterocycles. The molecule has 9 heteroatoms. The molecule has 0 saturated heterocycles. The number of guanidine groups is 1. The van der Waals surface area contributed by atoms with Gasteiger partial charge in [0.05, 0.1) is 11.6 Å². The molecule has 0 unspecified atom stereocenters. The number of para-hydroxylation sites is 3. The first-order chi connectivity index (χ1) is 13.9. The van der Waals surface area contributed by atoms with Crippen molar-refractivity contribution in [2.75, 3.05) is 11.1 Å². The Morgan fingerprint density at radius 1 is 0.966 bits per heavy atom. The second kappa shape index (κ2) is 7.65. The fourth-order valence-electron chi connectivity index (χ4n) is 2.83. The largest absolute Gasteiger partial charge is 0.454 e. The van der Waals surface area contributed by atoms with Crippen molar-refractivity contribution in [3.8, 4) is 11.5 Å². The van der Waals surface area contributed by atoms with E-state index in [-0.39, 0.29) is 23.1 Å². The minimum Gasteiger partial charge on any atom is -0.454 e. The van der Waals surface area contributed by atoms with Gasteiger partial charge in [-0.2, -0.15) is 0 Å². The Labute approximate surface area is 173 Å². The molecule has 148 valence electrons. The van der Waals surface area contributed by atoms with Crippen molar-refractivity contribution in [3.05, 3.63) is 77.3 Å². The van der Waals surface area contributed by atoms with E-state index >= 15 is 0 Å². The lowest BCUT2D eigenvalue weighted by Gasteiger charge is -2.23. The highest BCUT2D eigenvalue weighted by Gasteiger charge is 2.29. The van der Waals surface area contributed by atoms with Crippen LogP contribution in [-0.4, -0.2) is 14.4 Å². The zero-order valence-electron chi connectivity index (χ0n) is 15.1. The van der Waals surface area contributed by atoms with Crippen LogP contribution in [0.2, 0.25) is 5.02 Å². The van der Waals surface area contributed by atoms with Gasteiger partial charge in [-0.1, -0.05) is 48.0 Å². The molecule has 1 heterocycles. The summed E-state index contributed by atoms with van der Waals surface area (Å²) >= 11 is 6.16. The van der Waals surface area contributed by atoms with Gasteiger partial charge in [0.25, 0.3) is 10.0 Å². The van der Waals surface area contributed by atoms with Crippen molar-refractivity contribution in [1.29, 1.82) is 0 Å². The SMILES string of the molecule is Nc1ccccc1CN=C1Nc2c(Oc3ccccc3Cl)cccc2S(=O)(=O)N1. The fourth-order valence-corrected chi connectivity index (χ4v) is 4.16. The van der Waals surface area contributed by atoms with Crippen molar-refractivity contribution in [1.82, 2.24) is 4.72 Å². The Balaban J connectivity index is 1.69. The number of nitrogens with two attached hydrogens (primary N) is 1. The van der Waals surface area contributed by atoms with E-state index in [1.54, 1.807) is 42.5 Å². The molecular weight excluding hydrogens is 412 g/mol. The van der Waals surface area contributed by atoms with Gasteiger partial charge in [-0.3, -0.25) is 0 Å². The number of anilines is 2. The van der Waals surface area contributed by atoms with Crippen LogP contribution in [0.25, 0.3) is 0 Å². The van der Waals surface area contributed by atoms with Crippen LogP contribution in [0.4, 0.5) is 11.4 Å². The van der Waals surface area contributed by atoms with Gasteiger partial charge in [0.15, 0.2) is 5.75 Å². The molecule has 3 aromatic rings. The first-order valence-corrected chi connectivity index (χ1v) is 10.5. The molecular formula is C20H17ClN4O3S. The molecule has 0 aliphatic carbocycles. The number of hydrogen-bond acceptors (Lipinski definition) is 5. The number of sulfonamides is 1. The number of fused-ring (bicyclic) bond motifs is 1. The summed E-state index contributed by atoms with van der Waals surface area (Å²) in [5.41, 5.74) is 7.58. The number of rotatable bonds is 4. The van der Waals surface area contributed by atoms with E-state index in [1.807, 2.05) is 18.2 Å². The number of ether oxygens (including phenoxy) is 1. The van der Waals surface area contributed by atoms with Crippen LogP contribution >= 0.6 is 11.6 Å². The monoisotopic (exact) mass is 428 g/mol. The van der Waals surface area contributed by atoms with E-state index < -0.39 is 10.0 Å². The Bertz CT molecular complexity index is 1210. The Morgan fingerprint density at radius 2 is 1.69 bits per heavy atom. The average Bonchev–Trinajstić information content (AvgIpc) is 2.69. The quantitative estimate of drug-likeness (QED) is 0.545. The van der Waals surface area contributed by atoms with Crippen molar-refractivity contribution >= 4 is 39.0 Å². The highest BCUT2D eigenvalue weighted by molar-refractivity contribution is 7.90. The zero-order chi connectivity index (χ0) is 20.4. The van der Waals surface area contributed by atoms with E-state index in [4.69, 9.17) is 22.1 Å². The predicted octanol–water partition coefficient (Wildman–Crippen LogP) is 3.97. The topological polar surface area (TPSA) is 106 Å². The third kappa shape index (κ3) is 3.98. The standard InChI is InChI=1S/C20H17ClN4O3S/c21-14-7-2-4-9-16(14)28-17-10-5-11-18-19(17)24-20(25-29(18,26)27)23-12-13-6-1-3-8-15(13)22/h1-11H,12,22H2,(H2,23,24,25). The first-order valence-electron chi connectivity index (χ1n) is 8.67. The van der Waals surface area contributed by atoms with Crippen LogP contribution in [0.3, 0.4) is 0 Å². The summed E-state index contributed by atoms with van der Waals surface area (Å²) in [6, 6.07) is 18.9. The van der Waals surface area contributed by atoms with Gasteiger partial charge in [-0.15, -0.1) is 0 Å². The molecule has 0 spiro atoms. The number of nitrogen functional groups attached to an aromatic ring is 1. The summed E-state index contributed by atoms with van der Waals surface area (Å²) in [6.45, 7) is 0.209. The second-order valence-corrected chi connectivity index (χ2v) is 8.31. The van der Waals surface area contributed by atoms with Crippen molar-refractivity contribution in [2.45, 2.75) is 11.4 Å². The van der Waals surface area contributed by atoms with Crippen LogP contribution < -0.4 is 20.5 Å². The van der Waals surface area contributed by atoms with Gasteiger partial charge in [-0.25, -0.2) is 18.1 Å². The highest BCUT2D eigenvalue weighted by Crippen LogP contribution is 2.38. The molecule has 7 nitrogen and oxygen atoms in total. The van der Waals surface area contributed by atoms with Crippen LogP contribution in [-0.2, 0) is 16.6 Å². The molecule has 3 aromatic carbocycles. The third-order valence-electron chi connectivity index (χ3n) is 4.27. The molecule has 0 atom stereocenters. The summed E-state index contributed by atoms with van der Waals surface area (Å²) in [6.07, 6.45) is 0. The van der Waals surface area contributed by atoms with Crippen LogP contribution in [0.5, 0.6) is 11.5 Å². The normalized spacial score (nSPS) is 15.8. The van der Waals surface area contributed by atoms with Gasteiger partial charge in [0, 0.05) is 5.69 Å². The van der Waals surface area contributed by atoms with E-state index in [0.717, 1.165) is 5.56 Å². The number of benzene rings is 3. The molecule has 0 radical (unpaired) electrons. The fraction of sp³-hybridized carbons (Fsp3) is 0.0500. The third-order valence-corrected chi connectivity index (χ3v) is 5.96. The van der Waals surface area contributed by atoms with Gasteiger partial charge in [-0.05, 0) is 35.9 Å². The van der Waals surface area contributed by atoms with Crippen molar-refractivity contribution < 1.29 is 13.2 Å². The lowest BCUT2D eigenvalue weighted by atomic mass is 10.2. The molecule has 4 rings (SSSR count). The van der Waals surface area contributed by atoms with Crippen LogP contribution in [0.15, 0.2) is 76.6 Å². The first kappa shape index (κ1) is 19.1. The molecule has 0 saturated carbocycles. The van der Waals surface area contributed by atoms with Crippen molar-refractivity contribution in [2.24, 2.45) is 4.99 Å².